The van der Waals surface area contributed by atoms with Crippen LogP contribution in [0.1, 0.15) is 10.4 Å². The summed E-state index contributed by atoms with van der Waals surface area (Å²) in [5, 5.41) is 17.6. The normalized spacial score (nSPS) is 10.6. The Kier molecular flexibility index (Phi) is 5.23. The van der Waals surface area contributed by atoms with Gasteiger partial charge in [0.05, 0.1) is 26.8 Å². The van der Waals surface area contributed by atoms with E-state index >= 15 is 0 Å². The van der Waals surface area contributed by atoms with Crippen LogP contribution in [0.25, 0.3) is 22.8 Å². The van der Waals surface area contributed by atoms with Crippen molar-refractivity contribution in [1.82, 2.24) is 10.1 Å². The first-order chi connectivity index (χ1) is 14.5. The summed E-state index contributed by atoms with van der Waals surface area (Å²) in [6.45, 7) is 0. The zero-order valence-electron chi connectivity index (χ0n) is 15.3. The Hall–Kier alpha value is -4.04. The van der Waals surface area contributed by atoms with Gasteiger partial charge in [0.1, 0.15) is 0 Å². The van der Waals surface area contributed by atoms with E-state index in [2.05, 4.69) is 15.5 Å². The zero-order chi connectivity index (χ0) is 21.1. The molecule has 0 aliphatic carbocycles. The zero-order valence-corrected chi connectivity index (χ0v) is 16.0. The first kappa shape index (κ1) is 19.3. The van der Waals surface area contributed by atoms with Crippen LogP contribution in [-0.4, -0.2) is 21.0 Å². The van der Waals surface area contributed by atoms with Crippen LogP contribution in [-0.2, 0) is 0 Å². The molecule has 1 amide bonds. The molecule has 8 nitrogen and oxygen atoms in total. The number of non-ortho nitro benzene ring substituents is 1. The summed E-state index contributed by atoms with van der Waals surface area (Å²) in [6, 6.07) is 19.9. The van der Waals surface area contributed by atoms with E-state index in [4.69, 9.17) is 16.1 Å². The predicted molar refractivity (Wildman–Crippen MR) is 111 cm³/mol. The third-order valence-electron chi connectivity index (χ3n) is 4.27. The third kappa shape index (κ3) is 3.89. The highest BCUT2D eigenvalue weighted by Crippen LogP contribution is 2.30. The Morgan fingerprint density at radius 2 is 1.77 bits per heavy atom. The number of carbonyl (C=O) groups is 1. The molecule has 30 heavy (non-hydrogen) atoms. The van der Waals surface area contributed by atoms with Gasteiger partial charge in [-0.1, -0.05) is 59.2 Å². The molecule has 0 atom stereocenters. The Balaban J connectivity index is 1.62. The molecule has 0 saturated carbocycles. The van der Waals surface area contributed by atoms with Crippen LogP contribution >= 0.6 is 11.6 Å². The molecule has 0 unspecified atom stereocenters. The highest BCUT2D eigenvalue weighted by molar-refractivity contribution is 6.34. The van der Waals surface area contributed by atoms with Gasteiger partial charge in [0, 0.05) is 17.7 Å². The summed E-state index contributed by atoms with van der Waals surface area (Å²) in [7, 11) is 0. The van der Waals surface area contributed by atoms with Crippen LogP contribution in [0.3, 0.4) is 0 Å². The Bertz CT molecular complexity index is 1240. The van der Waals surface area contributed by atoms with Crippen LogP contribution in [0.4, 0.5) is 11.4 Å². The first-order valence-corrected chi connectivity index (χ1v) is 9.14. The molecule has 148 valence electrons. The maximum Gasteiger partial charge on any atom is 0.270 e. The van der Waals surface area contributed by atoms with Crippen molar-refractivity contribution >= 4 is 28.9 Å². The van der Waals surface area contributed by atoms with Crippen molar-refractivity contribution in [2.75, 3.05) is 5.32 Å². The number of hydrogen-bond acceptors (Lipinski definition) is 6. The maximum atomic E-state index is 12.7. The smallest absolute Gasteiger partial charge is 0.270 e. The molecule has 0 aliphatic rings. The van der Waals surface area contributed by atoms with Gasteiger partial charge in [0.15, 0.2) is 0 Å². The molecule has 4 rings (SSSR count). The van der Waals surface area contributed by atoms with Gasteiger partial charge in [-0.15, -0.1) is 0 Å². The van der Waals surface area contributed by atoms with Crippen LogP contribution in [0.15, 0.2) is 77.3 Å². The number of nitro groups is 1. The van der Waals surface area contributed by atoms with Gasteiger partial charge in [-0.3, -0.25) is 14.9 Å². The molecule has 9 heteroatoms. The lowest BCUT2D eigenvalue weighted by Crippen LogP contribution is -2.13. The lowest BCUT2D eigenvalue weighted by molar-refractivity contribution is -0.384. The molecule has 3 aromatic carbocycles. The van der Waals surface area contributed by atoms with E-state index in [-0.39, 0.29) is 22.2 Å². The van der Waals surface area contributed by atoms with Crippen LogP contribution < -0.4 is 5.32 Å². The fourth-order valence-corrected chi connectivity index (χ4v) is 3.07. The highest BCUT2D eigenvalue weighted by Gasteiger charge is 2.18. The molecular weight excluding hydrogens is 408 g/mol. The van der Waals surface area contributed by atoms with Crippen molar-refractivity contribution in [3.8, 4) is 22.8 Å². The highest BCUT2D eigenvalue weighted by atomic mass is 35.5. The predicted octanol–water partition coefficient (Wildman–Crippen LogP) is 5.22. The average molecular weight is 421 g/mol. The number of carbonyl (C=O) groups excluding carboxylic acids is 1. The van der Waals surface area contributed by atoms with E-state index in [0.717, 1.165) is 11.6 Å². The monoisotopic (exact) mass is 420 g/mol. The molecule has 0 radical (unpaired) electrons. The number of amides is 1. The second-order valence-corrected chi connectivity index (χ2v) is 6.62. The van der Waals surface area contributed by atoms with Crippen molar-refractivity contribution < 1.29 is 14.2 Å². The summed E-state index contributed by atoms with van der Waals surface area (Å²) in [6.07, 6.45) is 0. The van der Waals surface area contributed by atoms with Gasteiger partial charge < -0.3 is 9.84 Å². The van der Waals surface area contributed by atoms with E-state index in [1.165, 1.54) is 12.1 Å². The number of nitrogens with one attached hydrogen (secondary N) is 1. The minimum Gasteiger partial charge on any atom is -0.334 e. The van der Waals surface area contributed by atoms with Gasteiger partial charge >= 0.3 is 0 Å². The first-order valence-electron chi connectivity index (χ1n) is 8.77. The molecule has 0 saturated heterocycles. The summed E-state index contributed by atoms with van der Waals surface area (Å²) in [5.41, 5.74) is 1.66. The second-order valence-electron chi connectivity index (χ2n) is 6.21. The lowest BCUT2D eigenvalue weighted by atomic mass is 10.1. The molecule has 1 N–H and O–H groups in total. The van der Waals surface area contributed by atoms with E-state index in [1.807, 2.05) is 30.3 Å². The molecule has 1 aromatic heterocycles. The molecule has 4 aromatic rings. The summed E-state index contributed by atoms with van der Waals surface area (Å²) in [5.74, 6) is 0.134. The van der Waals surface area contributed by atoms with Crippen LogP contribution in [0, 0.1) is 10.1 Å². The van der Waals surface area contributed by atoms with Gasteiger partial charge in [-0.25, -0.2) is 0 Å². The number of nitrogens with zero attached hydrogens (tertiary/aromatic N) is 3. The maximum absolute atomic E-state index is 12.7. The number of halogens is 1. The third-order valence-corrected chi connectivity index (χ3v) is 4.58. The van der Waals surface area contributed by atoms with Crippen molar-refractivity contribution in [2.45, 2.75) is 0 Å². The van der Waals surface area contributed by atoms with Crippen LogP contribution in [0.2, 0.25) is 5.02 Å². The lowest BCUT2D eigenvalue weighted by Gasteiger charge is -2.09. The van der Waals surface area contributed by atoms with Crippen molar-refractivity contribution in [1.29, 1.82) is 0 Å². The number of anilines is 1. The summed E-state index contributed by atoms with van der Waals surface area (Å²) < 4.78 is 5.39. The van der Waals surface area contributed by atoms with Gasteiger partial charge in [0.25, 0.3) is 17.5 Å². The van der Waals surface area contributed by atoms with E-state index in [1.54, 1.807) is 24.3 Å². The standard InChI is InChI=1S/C21H13ClN4O4/c22-17-12-14(26(28)29)10-11-15(17)20(27)23-18-9-5-4-8-16(18)21-24-19(25-30-21)13-6-2-1-3-7-13/h1-12H,(H,23,27). The fourth-order valence-electron chi connectivity index (χ4n) is 2.81. The number of benzene rings is 3. The van der Waals surface area contributed by atoms with Crippen molar-refractivity contribution in [3.05, 3.63) is 93.5 Å². The minimum absolute atomic E-state index is 0.0247. The summed E-state index contributed by atoms with van der Waals surface area (Å²) in [4.78, 5) is 27.4. The van der Waals surface area contributed by atoms with E-state index in [0.29, 0.717) is 17.1 Å². The largest absolute Gasteiger partial charge is 0.334 e. The van der Waals surface area contributed by atoms with Crippen molar-refractivity contribution in [2.24, 2.45) is 0 Å². The Morgan fingerprint density at radius 1 is 1.03 bits per heavy atom. The Labute approximate surface area is 175 Å². The van der Waals surface area contributed by atoms with Gasteiger partial charge in [0.2, 0.25) is 5.82 Å². The summed E-state index contributed by atoms with van der Waals surface area (Å²) >= 11 is 6.06. The molecule has 0 fully saturated rings. The number of para-hydroxylation sites is 1. The van der Waals surface area contributed by atoms with E-state index in [9.17, 15) is 14.9 Å². The SMILES string of the molecule is O=C(Nc1ccccc1-c1nc(-c2ccccc2)no1)c1ccc([N+](=O)[O-])cc1Cl. The molecular formula is C21H13ClN4O4. The quantitative estimate of drug-likeness (QED) is 0.350. The topological polar surface area (TPSA) is 111 Å². The molecule has 0 spiro atoms. The van der Waals surface area contributed by atoms with E-state index < -0.39 is 10.8 Å². The van der Waals surface area contributed by atoms with Crippen LogP contribution in [0.5, 0.6) is 0 Å². The second kappa shape index (κ2) is 8.14. The number of aromatic nitrogens is 2. The van der Waals surface area contributed by atoms with Gasteiger partial charge in [-0.2, -0.15) is 4.98 Å². The number of hydrogen-bond donors (Lipinski definition) is 1. The Morgan fingerprint density at radius 3 is 2.50 bits per heavy atom. The average Bonchev–Trinajstić information content (AvgIpc) is 3.24. The number of rotatable bonds is 5. The minimum atomic E-state index is -0.581. The fraction of sp³-hybridized carbons (Fsp3) is 0. The number of nitro benzene ring substituents is 1. The van der Waals surface area contributed by atoms with Gasteiger partial charge in [-0.05, 0) is 18.2 Å². The molecule has 0 aliphatic heterocycles. The van der Waals surface area contributed by atoms with Crippen molar-refractivity contribution in [3.63, 3.8) is 0 Å². The molecule has 1 heterocycles. The molecule has 0 bridgehead atoms.